The molecule has 1 aliphatic heterocycles. The van der Waals surface area contributed by atoms with Gasteiger partial charge in [0.1, 0.15) is 11.5 Å². The van der Waals surface area contributed by atoms with Crippen LogP contribution in [0.1, 0.15) is 19.8 Å². The van der Waals surface area contributed by atoms with Gasteiger partial charge >= 0.3 is 0 Å². The highest BCUT2D eigenvalue weighted by molar-refractivity contribution is 6.30. The highest BCUT2D eigenvalue weighted by Crippen LogP contribution is 2.16. The molecular formula is C8H13ClFNO. The van der Waals surface area contributed by atoms with E-state index in [1.54, 1.807) is 0 Å². The molecule has 0 radical (unpaired) electrons. The van der Waals surface area contributed by atoms with Crippen molar-refractivity contribution in [3.63, 3.8) is 0 Å². The summed E-state index contributed by atoms with van der Waals surface area (Å²) in [5.74, 6) is -0.126. The van der Waals surface area contributed by atoms with Gasteiger partial charge in [-0.2, -0.15) is 0 Å². The molecule has 0 saturated carbocycles. The predicted molar refractivity (Wildman–Crippen MR) is 46.0 cm³/mol. The lowest BCUT2D eigenvalue weighted by molar-refractivity contribution is -0.130. The number of carbonyl (C=O) groups excluding carboxylic acids is 1. The zero-order valence-corrected chi connectivity index (χ0v) is 7.85. The second-order valence-corrected chi connectivity index (χ2v) is 3.57. The molecule has 0 aromatic heterocycles. The summed E-state index contributed by atoms with van der Waals surface area (Å²) >= 11 is 5.73. The van der Waals surface area contributed by atoms with Crippen LogP contribution in [0.3, 0.4) is 0 Å². The van der Waals surface area contributed by atoms with E-state index in [9.17, 15) is 9.18 Å². The molecule has 0 aromatic carbocycles. The SMILES string of the molecule is CC[C@H](Cl)C(=O)N1CC[C@H](F)C1. The van der Waals surface area contributed by atoms with Crippen LogP contribution in [0, 0.1) is 0 Å². The second kappa shape index (κ2) is 4.08. The van der Waals surface area contributed by atoms with Gasteiger partial charge in [-0.25, -0.2) is 4.39 Å². The smallest absolute Gasteiger partial charge is 0.240 e. The lowest BCUT2D eigenvalue weighted by atomic mass is 10.3. The Morgan fingerprint density at radius 3 is 2.92 bits per heavy atom. The van der Waals surface area contributed by atoms with E-state index in [-0.39, 0.29) is 12.5 Å². The number of hydrogen-bond acceptors (Lipinski definition) is 1. The Bertz CT molecular complexity index is 176. The Morgan fingerprint density at radius 1 is 1.83 bits per heavy atom. The number of halogens is 2. The lowest BCUT2D eigenvalue weighted by Gasteiger charge is -2.17. The fourth-order valence-corrected chi connectivity index (χ4v) is 1.43. The molecule has 1 aliphatic rings. The minimum Gasteiger partial charge on any atom is -0.338 e. The number of amides is 1. The number of likely N-dealkylation sites (tertiary alicyclic amines) is 1. The van der Waals surface area contributed by atoms with Crippen molar-refractivity contribution in [3.8, 4) is 0 Å². The van der Waals surface area contributed by atoms with Crippen LogP contribution < -0.4 is 0 Å². The Labute approximate surface area is 76.7 Å². The van der Waals surface area contributed by atoms with Gasteiger partial charge in [0.15, 0.2) is 0 Å². The molecule has 0 unspecified atom stereocenters. The molecule has 2 nitrogen and oxygen atoms in total. The van der Waals surface area contributed by atoms with Gasteiger partial charge < -0.3 is 4.90 Å². The average molecular weight is 194 g/mol. The van der Waals surface area contributed by atoms with Crippen molar-refractivity contribution in [1.82, 2.24) is 4.90 Å². The van der Waals surface area contributed by atoms with Gasteiger partial charge in [-0.1, -0.05) is 6.92 Å². The van der Waals surface area contributed by atoms with Crippen LogP contribution in [-0.4, -0.2) is 35.4 Å². The van der Waals surface area contributed by atoms with Gasteiger partial charge in [0, 0.05) is 6.54 Å². The minimum atomic E-state index is -0.852. The maximum Gasteiger partial charge on any atom is 0.240 e. The summed E-state index contributed by atoms with van der Waals surface area (Å²) in [6.45, 7) is 2.59. The fourth-order valence-electron chi connectivity index (χ4n) is 1.29. The molecule has 0 aromatic rings. The van der Waals surface area contributed by atoms with Gasteiger partial charge in [0.2, 0.25) is 5.91 Å². The molecule has 0 N–H and O–H groups in total. The van der Waals surface area contributed by atoms with Crippen LogP contribution in [0.4, 0.5) is 4.39 Å². The van der Waals surface area contributed by atoms with Gasteiger partial charge in [-0.05, 0) is 12.8 Å². The Morgan fingerprint density at radius 2 is 2.50 bits per heavy atom. The van der Waals surface area contributed by atoms with E-state index in [1.807, 2.05) is 6.92 Å². The molecule has 70 valence electrons. The van der Waals surface area contributed by atoms with Crippen LogP contribution in [-0.2, 0) is 4.79 Å². The lowest BCUT2D eigenvalue weighted by Crippen LogP contribution is -2.34. The normalized spacial score (nSPS) is 25.9. The monoisotopic (exact) mass is 193 g/mol. The van der Waals surface area contributed by atoms with Crippen molar-refractivity contribution < 1.29 is 9.18 Å². The molecule has 0 bridgehead atoms. The number of carbonyl (C=O) groups is 1. The number of alkyl halides is 2. The van der Waals surface area contributed by atoms with Crippen molar-refractivity contribution in [1.29, 1.82) is 0 Å². The summed E-state index contributed by atoms with van der Waals surface area (Å²) in [6, 6.07) is 0. The first-order valence-electron chi connectivity index (χ1n) is 4.22. The van der Waals surface area contributed by atoms with Crippen molar-refractivity contribution >= 4 is 17.5 Å². The second-order valence-electron chi connectivity index (χ2n) is 3.05. The Kier molecular flexibility index (Phi) is 3.32. The zero-order valence-electron chi connectivity index (χ0n) is 7.09. The van der Waals surface area contributed by atoms with Crippen molar-refractivity contribution in [2.45, 2.75) is 31.3 Å². The largest absolute Gasteiger partial charge is 0.338 e. The van der Waals surface area contributed by atoms with Crippen molar-refractivity contribution in [2.75, 3.05) is 13.1 Å². The Hall–Kier alpha value is -0.310. The number of nitrogens with zero attached hydrogens (tertiary/aromatic N) is 1. The third-order valence-corrected chi connectivity index (χ3v) is 2.56. The highest BCUT2D eigenvalue weighted by atomic mass is 35.5. The van der Waals surface area contributed by atoms with Crippen LogP contribution >= 0.6 is 11.6 Å². The maximum absolute atomic E-state index is 12.7. The molecule has 1 amide bonds. The zero-order chi connectivity index (χ0) is 9.14. The molecule has 1 rings (SSSR count). The van der Waals surface area contributed by atoms with E-state index in [4.69, 9.17) is 11.6 Å². The predicted octanol–water partition coefficient (Wildman–Crippen LogP) is 1.57. The molecule has 1 fully saturated rings. The standard InChI is InChI=1S/C8H13ClFNO/c1-2-7(9)8(12)11-4-3-6(10)5-11/h6-7H,2-5H2,1H3/t6-,7-/m0/s1. The topological polar surface area (TPSA) is 20.3 Å². The average Bonchev–Trinajstić information content (AvgIpc) is 2.49. The van der Waals surface area contributed by atoms with Crippen molar-refractivity contribution in [2.24, 2.45) is 0 Å². The summed E-state index contributed by atoms with van der Waals surface area (Å²) < 4.78 is 12.7. The quantitative estimate of drug-likeness (QED) is 0.610. The molecule has 12 heavy (non-hydrogen) atoms. The Balaban J connectivity index is 2.43. The van der Waals surface area contributed by atoms with Crippen LogP contribution in [0.5, 0.6) is 0 Å². The number of hydrogen-bond donors (Lipinski definition) is 0. The van der Waals surface area contributed by atoms with E-state index in [2.05, 4.69) is 0 Å². The first-order chi connectivity index (χ1) is 5.65. The van der Waals surface area contributed by atoms with Crippen LogP contribution in [0.15, 0.2) is 0 Å². The molecular weight excluding hydrogens is 181 g/mol. The number of rotatable bonds is 2. The van der Waals surface area contributed by atoms with Gasteiger partial charge in [0.05, 0.1) is 6.54 Å². The minimum absolute atomic E-state index is 0.126. The molecule has 2 atom stereocenters. The summed E-state index contributed by atoms with van der Waals surface area (Å²) in [5.41, 5.74) is 0. The highest BCUT2D eigenvalue weighted by Gasteiger charge is 2.28. The maximum atomic E-state index is 12.7. The van der Waals surface area contributed by atoms with E-state index in [0.717, 1.165) is 0 Å². The third-order valence-electron chi connectivity index (χ3n) is 2.07. The van der Waals surface area contributed by atoms with E-state index < -0.39 is 11.5 Å². The summed E-state index contributed by atoms with van der Waals surface area (Å²) in [7, 11) is 0. The molecule has 0 aliphatic carbocycles. The first-order valence-corrected chi connectivity index (χ1v) is 4.65. The fraction of sp³-hybridized carbons (Fsp3) is 0.875. The summed E-state index contributed by atoms with van der Waals surface area (Å²) in [6.07, 6.45) is 0.210. The first kappa shape index (κ1) is 9.78. The van der Waals surface area contributed by atoms with Crippen LogP contribution in [0.2, 0.25) is 0 Å². The van der Waals surface area contributed by atoms with E-state index >= 15 is 0 Å². The van der Waals surface area contributed by atoms with Crippen LogP contribution in [0.25, 0.3) is 0 Å². The van der Waals surface area contributed by atoms with Crippen molar-refractivity contribution in [3.05, 3.63) is 0 Å². The summed E-state index contributed by atoms with van der Waals surface area (Å²) in [5, 5.41) is -0.477. The third kappa shape index (κ3) is 2.09. The van der Waals surface area contributed by atoms with Gasteiger partial charge in [0.25, 0.3) is 0 Å². The molecule has 4 heteroatoms. The summed E-state index contributed by atoms with van der Waals surface area (Å²) in [4.78, 5) is 12.9. The molecule has 1 saturated heterocycles. The molecule has 0 spiro atoms. The molecule has 1 heterocycles. The van der Waals surface area contributed by atoms with E-state index in [1.165, 1.54) is 4.90 Å². The van der Waals surface area contributed by atoms with Gasteiger partial charge in [-0.15, -0.1) is 11.6 Å². The van der Waals surface area contributed by atoms with Gasteiger partial charge in [-0.3, -0.25) is 4.79 Å². The van der Waals surface area contributed by atoms with E-state index in [0.29, 0.717) is 19.4 Å².